The fourth-order valence-electron chi connectivity index (χ4n) is 3.46. The third kappa shape index (κ3) is 3.91. The molecule has 2 aromatic carbocycles. The van der Waals surface area contributed by atoms with Crippen molar-refractivity contribution in [1.82, 2.24) is 4.57 Å². The molecule has 0 spiro atoms. The Labute approximate surface area is 163 Å². The molecule has 0 bridgehead atoms. The van der Waals surface area contributed by atoms with Gasteiger partial charge < -0.3 is 10.3 Å². The standard InChI is InChI=1S/C22H23BrN2O/c1-15(11-12-17-7-4-3-5-8-17)25-16(2)20(22(24)26)14-21(25)18-9-6-10-19(23)13-18/h3-10,13-15H,11-12H2,1-2H3,(H2,24,26). The molecule has 0 fully saturated rings. The molecule has 0 saturated carbocycles. The van der Waals surface area contributed by atoms with Gasteiger partial charge in [0.15, 0.2) is 0 Å². The van der Waals surface area contributed by atoms with Crippen molar-refractivity contribution in [3.63, 3.8) is 0 Å². The lowest BCUT2D eigenvalue weighted by molar-refractivity contribution is 0.0999. The minimum atomic E-state index is -0.382. The van der Waals surface area contributed by atoms with E-state index in [9.17, 15) is 4.79 Å². The van der Waals surface area contributed by atoms with E-state index in [1.54, 1.807) is 0 Å². The number of primary amides is 1. The highest BCUT2D eigenvalue weighted by atomic mass is 79.9. The second kappa shape index (κ2) is 7.92. The van der Waals surface area contributed by atoms with Gasteiger partial charge in [-0.15, -0.1) is 0 Å². The van der Waals surface area contributed by atoms with Crippen LogP contribution < -0.4 is 5.73 Å². The van der Waals surface area contributed by atoms with Crippen LogP contribution in [0.25, 0.3) is 11.3 Å². The maximum Gasteiger partial charge on any atom is 0.250 e. The van der Waals surface area contributed by atoms with E-state index in [0.29, 0.717) is 5.56 Å². The SMILES string of the molecule is Cc1c(C(N)=O)cc(-c2cccc(Br)c2)n1C(C)CCc1ccccc1. The lowest BCUT2D eigenvalue weighted by Gasteiger charge is -2.20. The maximum atomic E-state index is 11.9. The van der Waals surface area contributed by atoms with Crippen LogP contribution in [0.3, 0.4) is 0 Å². The van der Waals surface area contributed by atoms with Crippen molar-refractivity contribution < 1.29 is 4.79 Å². The van der Waals surface area contributed by atoms with Crippen LogP contribution in [0.1, 0.15) is 41.0 Å². The zero-order valence-corrected chi connectivity index (χ0v) is 16.7. The third-order valence-corrected chi connectivity index (χ3v) is 5.31. The van der Waals surface area contributed by atoms with Crippen molar-refractivity contribution in [3.8, 4) is 11.3 Å². The summed E-state index contributed by atoms with van der Waals surface area (Å²) >= 11 is 3.54. The summed E-state index contributed by atoms with van der Waals surface area (Å²) in [5.41, 5.74) is 10.5. The van der Waals surface area contributed by atoms with Crippen LogP contribution in [0.5, 0.6) is 0 Å². The Morgan fingerprint density at radius 3 is 2.50 bits per heavy atom. The monoisotopic (exact) mass is 410 g/mol. The molecule has 0 aliphatic heterocycles. The quantitative estimate of drug-likeness (QED) is 0.571. The summed E-state index contributed by atoms with van der Waals surface area (Å²) in [6.45, 7) is 4.17. The molecule has 2 N–H and O–H groups in total. The zero-order chi connectivity index (χ0) is 18.7. The van der Waals surface area contributed by atoms with Crippen molar-refractivity contribution in [2.24, 2.45) is 5.73 Å². The first-order chi connectivity index (χ1) is 12.5. The van der Waals surface area contributed by atoms with Gasteiger partial charge in [0.25, 0.3) is 5.91 Å². The van der Waals surface area contributed by atoms with Crippen molar-refractivity contribution in [2.45, 2.75) is 32.7 Å². The molecule has 0 radical (unpaired) electrons. The summed E-state index contributed by atoms with van der Waals surface area (Å²) in [7, 11) is 0. The number of halogens is 1. The zero-order valence-electron chi connectivity index (χ0n) is 15.1. The molecule has 3 aromatic rings. The molecule has 4 heteroatoms. The average molecular weight is 411 g/mol. The molecule has 1 unspecified atom stereocenters. The minimum absolute atomic E-state index is 0.247. The Balaban J connectivity index is 1.97. The number of hydrogen-bond acceptors (Lipinski definition) is 1. The van der Waals surface area contributed by atoms with Crippen molar-refractivity contribution >= 4 is 21.8 Å². The van der Waals surface area contributed by atoms with E-state index in [-0.39, 0.29) is 11.9 Å². The average Bonchev–Trinajstić information content (AvgIpc) is 2.98. The van der Waals surface area contributed by atoms with E-state index in [0.717, 1.165) is 34.3 Å². The second-order valence-electron chi connectivity index (χ2n) is 6.65. The molecule has 3 nitrogen and oxygen atoms in total. The topological polar surface area (TPSA) is 48.0 Å². The Bertz CT molecular complexity index is 915. The molecule has 1 amide bonds. The smallest absolute Gasteiger partial charge is 0.250 e. The maximum absolute atomic E-state index is 11.9. The second-order valence-corrected chi connectivity index (χ2v) is 7.56. The van der Waals surface area contributed by atoms with E-state index >= 15 is 0 Å². The van der Waals surface area contributed by atoms with Crippen LogP contribution in [0, 0.1) is 6.92 Å². The number of hydrogen-bond donors (Lipinski definition) is 1. The van der Waals surface area contributed by atoms with E-state index in [1.165, 1.54) is 5.56 Å². The van der Waals surface area contributed by atoms with Gasteiger partial charge in [0.1, 0.15) is 0 Å². The van der Waals surface area contributed by atoms with Gasteiger partial charge in [0, 0.05) is 21.9 Å². The molecule has 0 aliphatic carbocycles. The van der Waals surface area contributed by atoms with Crippen LogP contribution in [0.2, 0.25) is 0 Å². The lowest BCUT2D eigenvalue weighted by atomic mass is 10.1. The van der Waals surface area contributed by atoms with E-state index in [4.69, 9.17) is 5.73 Å². The normalized spacial score (nSPS) is 12.1. The first-order valence-electron chi connectivity index (χ1n) is 8.79. The largest absolute Gasteiger partial charge is 0.366 e. The van der Waals surface area contributed by atoms with Crippen LogP contribution >= 0.6 is 15.9 Å². The van der Waals surface area contributed by atoms with Crippen LogP contribution in [0.4, 0.5) is 0 Å². The van der Waals surface area contributed by atoms with Crippen LogP contribution in [-0.4, -0.2) is 10.5 Å². The number of rotatable bonds is 6. The van der Waals surface area contributed by atoms with Crippen molar-refractivity contribution in [3.05, 3.63) is 82.0 Å². The number of aryl methyl sites for hydroxylation is 1. The molecule has 1 aromatic heterocycles. The number of carbonyl (C=O) groups excluding carboxylic acids is 1. The molecule has 0 aliphatic rings. The molecular formula is C22H23BrN2O. The molecule has 1 heterocycles. The summed E-state index contributed by atoms with van der Waals surface area (Å²) in [5, 5.41) is 0. The number of amides is 1. The molecule has 26 heavy (non-hydrogen) atoms. The molecular weight excluding hydrogens is 388 g/mol. The van der Waals surface area contributed by atoms with Crippen LogP contribution in [-0.2, 0) is 6.42 Å². The summed E-state index contributed by atoms with van der Waals surface area (Å²) in [4.78, 5) is 11.9. The van der Waals surface area contributed by atoms with Gasteiger partial charge in [-0.3, -0.25) is 4.79 Å². The summed E-state index contributed by atoms with van der Waals surface area (Å²) in [6, 6.07) is 20.8. The predicted molar refractivity (Wildman–Crippen MR) is 110 cm³/mol. The summed E-state index contributed by atoms with van der Waals surface area (Å²) in [5.74, 6) is -0.382. The summed E-state index contributed by atoms with van der Waals surface area (Å²) < 4.78 is 3.25. The Morgan fingerprint density at radius 1 is 1.12 bits per heavy atom. The first-order valence-corrected chi connectivity index (χ1v) is 9.58. The Morgan fingerprint density at radius 2 is 1.85 bits per heavy atom. The van der Waals surface area contributed by atoms with E-state index < -0.39 is 0 Å². The fraction of sp³-hybridized carbons (Fsp3) is 0.227. The van der Waals surface area contributed by atoms with Gasteiger partial charge in [-0.25, -0.2) is 0 Å². The first kappa shape index (κ1) is 18.5. The number of nitrogens with zero attached hydrogens (tertiary/aromatic N) is 1. The van der Waals surface area contributed by atoms with Gasteiger partial charge in [0.05, 0.1) is 5.56 Å². The van der Waals surface area contributed by atoms with Gasteiger partial charge in [-0.1, -0.05) is 58.4 Å². The van der Waals surface area contributed by atoms with Gasteiger partial charge >= 0.3 is 0 Å². The van der Waals surface area contributed by atoms with E-state index in [1.807, 2.05) is 31.2 Å². The van der Waals surface area contributed by atoms with Crippen molar-refractivity contribution in [2.75, 3.05) is 0 Å². The highest BCUT2D eigenvalue weighted by molar-refractivity contribution is 9.10. The molecule has 1 atom stereocenters. The lowest BCUT2D eigenvalue weighted by Crippen LogP contribution is -2.14. The Kier molecular flexibility index (Phi) is 5.62. The fourth-order valence-corrected chi connectivity index (χ4v) is 3.86. The number of nitrogens with two attached hydrogens (primary N) is 1. The van der Waals surface area contributed by atoms with Crippen molar-refractivity contribution in [1.29, 1.82) is 0 Å². The molecule has 3 rings (SSSR count). The number of benzene rings is 2. The van der Waals surface area contributed by atoms with Crippen LogP contribution in [0.15, 0.2) is 65.1 Å². The van der Waals surface area contributed by atoms with E-state index in [2.05, 4.69) is 63.8 Å². The van der Waals surface area contributed by atoms with Gasteiger partial charge in [-0.05, 0) is 56.0 Å². The highest BCUT2D eigenvalue weighted by Crippen LogP contribution is 2.32. The number of carbonyl (C=O) groups is 1. The number of aromatic nitrogens is 1. The summed E-state index contributed by atoms with van der Waals surface area (Å²) in [6.07, 6.45) is 1.97. The molecule has 134 valence electrons. The highest BCUT2D eigenvalue weighted by Gasteiger charge is 2.20. The molecule has 0 saturated heterocycles. The predicted octanol–water partition coefficient (Wildman–Crippen LogP) is 5.52. The van der Waals surface area contributed by atoms with Gasteiger partial charge in [-0.2, -0.15) is 0 Å². The Hall–Kier alpha value is -2.33. The van der Waals surface area contributed by atoms with Gasteiger partial charge in [0.2, 0.25) is 0 Å². The third-order valence-electron chi connectivity index (χ3n) is 4.81. The minimum Gasteiger partial charge on any atom is -0.366 e.